The fourth-order valence-corrected chi connectivity index (χ4v) is 3.99. The summed E-state index contributed by atoms with van der Waals surface area (Å²) in [6.45, 7) is 2.16. The van der Waals surface area contributed by atoms with E-state index in [9.17, 15) is 9.59 Å². The number of anilines is 1. The summed E-state index contributed by atoms with van der Waals surface area (Å²) in [7, 11) is 0. The van der Waals surface area contributed by atoms with Crippen molar-refractivity contribution in [3.63, 3.8) is 0 Å². The fourth-order valence-electron chi connectivity index (χ4n) is 3.99. The summed E-state index contributed by atoms with van der Waals surface area (Å²) in [6, 6.07) is 21.8. The number of nitrogens with one attached hydrogen (secondary N) is 1. The molecule has 1 aliphatic heterocycles. The summed E-state index contributed by atoms with van der Waals surface area (Å²) in [4.78, 5) is 28.4. The number of para-hydroxylation sites is 1. The van der Waals surface area contributed by atoms with Crippen LogP contribution in [0.25, 0.3) is 33.5 Å². The first kappa shape index (κ1) is 17.4. The first-order valence-electron chi connectivity index (χ1n) is 9.61. The van der Waals surface area contributed by atoms with Crippen molar-refractivity contribution >= 4 is 28.4 Å². The Morgan fingerprint density at radius 2 is 1.72 bits per heavy atom. The molecule has 0 atom stereocenters. The lowest BCUT2D eigenvalue weighted by atomic mass is 10.0. The fraction of sp³-hybridized carbons (Fsp3) is 0.125. The van der Waals surface area contributed by atoms with Gasteiger partial charge in [0, 0.05) is 36.7 Å². The van der Waals surface area contributed by atoms with Crippen LogP contribution in [0.4, 0.5) is 5.69 Å². The highest BCUT2D eigenvalue weighted by Crippen LogP contribution is 2.32. The van der Waals surface area contributed by atoms with Crippen LogP contribution in [-0.2, 0) is 11.3 Å². The number of imidazole rings is 1. The zero-order valence-electron chi connectivity index (χ0n) is 16.0. The van der Waals surface area contributed by atoms with E-state index < -0.39 is 0 Å². The van der Waals surface area contributed by atoms with Gasteiger partial charge in [0.25, 0.3) is 0 Å². The second-order valence-corrected chi connectivity index (χ2v) is 7.27. The number of rotatable bonds is 3. The predicted octanol–water partition coefficient (Wildman–Crippen LogP) is 4.92. The Bertz CT molecular complexity index is 1270. The zero-order valence-corrected chi connectivity index (χ0v) is 16.0. The third kappa shape index (κ3) is 3.01. The van der Waals surface area contributed by atoms with Crippen LogP contribution in [0.3, 0.4) is 0 Å². The van der Waals surface area contributed by atoms with Crippen molar-refractivity contribution in [3.05, 3.63) is 72.3 Å². The lowest BCUT2D eigenvalue weighted by Crippen LogP contribution is -2.14. The van der Waals surface area contributed by atoms with Gasteiger partial charge in [-0.05, 0) is 35.4 Å². The van der Waals surface area contributed by atoms with Gasteiger partial charge in [0.15, 0.2) is 5.78 Å². The lowest BCUT2D eigenvalue weighted by molar-refractivity contribution is -0.114. The van der Waals surface area contributed by atoms with Gasteiger partial charge < -0.3 is 9.88 Å². The standard InChI is InChI=1S/C24H19N3O2/c1-15(28)25-19-5-2-4-18(14-19)16-8-10-17(11-9-16)24-26-21-7-3-6-20-22(29)12-13-27(24)23(20)21/h2-11,14H,12-13H2,1H3,(H,25,28). The minimum atomic E-state index is -0.0873. The Labute approximate surface area is 168 Å². The first-order valence-corrected chi connectivity index (χ1v) is 9.61. The molecular weight excluding hydrogens is 362 g/mol. The van der Waals surface area contributed by atoms with Crippen molar-refractivity contribution in [2.24, 2.45) is 0 Å². The molecule has 4 aromatic rings. The van der Waals surface area contributed by atoms with Crippen LogP contribution in [-0.4, -0.2) is 21.2 Å². The summed E-state index contributed by atoms with van der Waals surface area (Å²) in [5, 5.41) is 2.82. The van der Waals surface area contributed by atoms with Crippen molar-refractivity contribution in [2.45, 2.75) is 19.9 Å². The number of aromatic nitrogens is 2. The van der Waals surface area contributed by atoms with E-state index in [-0.39, 0.29) is 11.7 Å². The minimum Gasteiger partial charge on any atom is -0.326 e. The third-order valence-electron chi connectivity index (χ3n) is 5.29. The van der Waals surface area contributed by atoms with Crippen molar-refractivity contribution in [1.82, 2.24) is 9.55 Å². The summed E-state index contributed by atoms with van der Waals surface area (Å²) in [5.74, 6) is 0.984. The maximum atomic E-state index is 12.2. The largest absolute Gasteiger partial charge is 0.326 e. The quantitative estimate of drug-likeness (QED) is 0.548. The van der Waals surface area contributed by atoms with Crippen LogP contribution < -0.4 is 5.32 Å². The van der Waals surface area contributed by atoms with Crippen molar-refractivity contribution in [3.8, 4) is 22.5 Å². The first-order chi connectivity index (χ1) is 14.1. The van der Waals surface area contributed by atoms with Crippen molar-refractivity contribution < 1.29 is 9.59 Å². The lowest BCUT2D eigenvalue weighted by Gasteiger charge is -2.16. The smallest absolute Gasteiger partial charge is 0.221 e. The van der Waals surface area contributed by atoms with E-state index in [0.717, 1.165) is 44.8 Å². The van der Waals surface area contributed by atoms with Crippen LogP contribution >= 0.6 is 0 Å². The zero-order chi connectivity index (χ0) is 20.0. The number of amides is 1. The number of ketones is 1. The summed E-state index contributed by atoms with van der Waals surface area (Å²) in [5.41, 5.74) is 6.45. The highest BCUT2D eigenvalue weighted by atomic mass is 16.1. The molecule has 0 saturated heterocycles. The van der Waals surface area contributed by atoms with E-state index in [2.05, 4.69) is 34.1 Å². The average Bonchev–Trinajstić information content (AvgIpc) is 3.10. The van der Waals surface area contributed by atoms with Gasteiger partial charge in [-0.2, -0.15) is 0 Å². The molecule has 0 bridgehead atoms. The molecule has 0 unspecified atom stereocenters. The van der Waals surface area contributed by atoms with Crippen molar-refractivity contribution in [2.75, 3.05) is 5.32 Å². The molecule has 142 valence electrons. The molecule has 5 nitrogen and oxygen atoms in total. The number of nitrogens with zero attached hydrogens (tertiary/aromatic N) is 2. The maximum Gasteiger partial charge on any atom is 0.221 e. The van der Waals surface area contributed by atoms with E-state index in [4.69, 9.17) is 4.98 Å². The van der Waals surface area contributed by atoms with E-state index in [0.29, 0.717) is 13.0 Å². The summed E-state index contributed by atoms with van der Waals surface area (Å²) < 4.78 is 2.15. The Balaban J connectivity index is 1.54. The molecule has 0 spiro atoms. The average molecular weight is 381 g/mol. The van der Waals surface area contributed by atoms with Gasteiger partial charge in [0.05, 0.1) is 11.0 Å². The number of hydrogen-bond donors (Lipinski definition) is 1. The van der Waals surface area contributed by atoms with E-state index in [1.54, 1.807) is 0 Å². The van der Waals surface area contributed by atoms with Crippen LogP contribution in [0.2, 0.25) is 0 Å². The van der Waals surface area contributed by atoms with Gasteiger partial charge in [0.1, 0.15) is 5.82 Å². The summed E-state index contributed by atoms with van der Waals surface area (Å²) in [6.07, 6.45) is 0.503. The highest BCUT2D eigenvalue weighted by molar-refractivity contribution is 6.08. The molecule has 2 heterocycles. The van der Waals surface area contributed by atoms with Gasteiger partial charge >= 0.3 is 0 Å². The number of benzene rings is 3. The number of aryl methyl sites for hydroxylation is 1. The second kappa shape index (κ2) is 6.71. The molecule has 5 heteroatoms. The molecule has 0 aliphatic carbocycles. The van der Waals surface area contributed by atoms with Gasteiger partial charge in [-0.1, -0.05) is 42.5 Å². The van der Waals surface area contributed by atoms with Crippen LogP contribution in [0, 0.1) is 0 Å². The van der Waals surface area contributed by atoms with E-state index in [1.807, 2.05) is 42.5 Å². The Morgan fingerprint density at radius 1 is 0.966 bits per heavy atom. The molecule has 1 aromatic heterocycles. The van der Waals surface area contributed by atoms with Gasteiger partial charge in [-0.25, -0.2) is 4.98 Å². The monoisotopic (exact) mass is 381 g/mol. The Morgan fingerprint density at radius 3 is 2.52 bits per heavy atom. The van der Waals surface area contributed by atoms with Crippen LogP contribution in [0.5, 0.6) is 0 Å². The van der Waals surface area contributed by atoms with E-state index >= 15 is 0 Å². The molecule has 1 N–H and O–H groups in total. The van der Waals surface area contributed by atoms with Crippen LogP contribution in [0.15, 0.2) is 66.7 Å². The van der Waals surface area contributed by atoms with Gasteiger partial charge in [-0.3, -0.25) is 9.59 Å². The van der Waals surface area contributed by atoms with Gasteiger partial charge in [-0.15, -0.1) is 0 Å². The second-order valence-electron chi connectivity index (χ2n) is 7.27. The van der Waals surface area contributed by atoms with Crippen molar-refractivity contribution in [1.29, 1.82) is 0 Å². The molecule has 0 saturated carbocycles. The molecule has 0 fully saturated rings. The minimum absolute atomic E-state index is 0.0873. The van der Waals surface area contributed by atoms with Crippen LogP contribution in [0.1, 0.15) is 23.7 Å². The molecule has 1 aliphatic rings. The molecular formula is C24H19N3O2. The number of Topliss-reactive ketones (excluding diaryl/α,β-unsaturated/α-hetero) is 1. The molecule has 3 aromatic carbocycles. The molecule has 1 amide bonds. The third-order valence-corrected chi connectivity index (χ3v) is 5.29. The topological polar surface area (TPSA) is 64.0 Å². The van der Waals surface area contributed by atoms with Gasteiger partial charge in [0.2, 0.25) is 5.91 Å². The predicted molar refractivity (Wildman–Crippen MR) is 114 cm³/mol. The Hall–Kier alpha value is -3.73. The normalized spacial score (nSPS) is 12.9. The van der Waals surface area contributed by atoms with E-state index in [1.165, 1.54) is 6.92 Å². The number of carbonyl (C=O) groups is 2. The molecule has 0 radical (unpaired) electrons. The SMILES string of the molecule is CC(=O)Nc1cccc(-c2ccc(-c3nc4cccc5c4n3CCC5=O)cc2)c1. The summed E-state index contributed by atoms with van der Waals surface area (Å²) >= 11 is 0. The molecule has 5 rings (SSSR count). The highest BCUT2D eigenvalue weighted by Gasteiger charge is 2.23. The molecule has 29 heavy (non-hydrogen) atoms. The number of carbonyl (C=O) groups excluding carboxylic acids is 2. The maximum absolute atomic E-state index is 12.2. The number of hydrogen-bond acceptors (Lipinski definition) is 3. The Kier molecular flexibility index (Phi) is 4.02.